The highest BCUT2D eigenvalue weighted by Gasteiger charge is 2.30. The van der Waals surface area contributed by atoms with Gasteiger partial charge < -0.3 is 5.32 Å². The van der Waals surface area contributed by atoms with Crippen LogP contribution < -0.4 is 5.32 Å². The van der Waals surface area contributed by atoms with Crippen molar-refractivity contribution in [2.45, 2.75) is 41.9 Å². The van der Waals surface area contributed by atoms with E-state index >= 15 is 0 Å². The standard InChI is InChI=1S/C32H32NOP2S6/c1-25(41-35(37)40-24-30-19-11-18-29(21-30)20-26-12-5-2-6-13-26)32(34)33-31(22-27-14-7-3-8-15-27)42-36(38)39-23-28-16-9-4-10-17-28/h2-19,21,25,31H,20,22-24H2,1H3/q+1/p+1. The van der Waals surface area contributed by atoms with Crippen LogP contribution in [0, 0.1) is 0 Å². The molecule has 0 saturated carbocycles. The fraction of sp³-hybridized carbons (Fsp3) is 0.219. The molecule has 0 heterocycles. The van der Waals surface area contributed by atoms with Gasteiger partial charge in [-0.1, -0.05) is 115 Å². The maximum atomic E-state index is 13.3. The van der Waals surface area contributed by atoms with Crippen molar-refractivity contribution < 1.29 is 4.79 Å². The normalized spacial score (nSPS) is 13.2. The van der Waals surface area contributed by atoms with Gasteiger partial charge >= 0.3 is 10.2 Å². The first kappa shape index (κ1) is 33.7. The molecule has 10 heteroatoms. The van der Waals surface area contributed by atoms with Crippen LogP contribution in [0.1, 0.15) is 34.7 Å². The first-order chi connectivity index (χ1) is 20.4. The Morgan fingerprint density at radius 3 is 1.81 bits per heavy atom. The van der Waals surface area contributed by atoms with Crippen LogP contribution in [0.15, 0.2) is 115 Å². The van der Waals surface area contributed by atoms with Crippen LogP contribution in [0.3, 0.4) is 0 Å². The molecular formula is C32H33NOP2S6+2. The van der Waals surface area contributed by atoms with Gasteiger partial charge in [-0.25, -0.2) is 0 Å². The van der Waals surface area contributed by atoms with E-state index in [1.807, 2.05) is 37.3 Å². The van der Waals surface area contributed by atoms with Crippen molar-refractivity contribution in [1.82, 2.24) is 5.32 Å². The summed E-state index contributed by atoms with van der Waals surface area (Å²) in [6.07, 6.45) is 1.67. The zero-order chi connectivity index (χ0) is 29.6. The van der Waals surface area contributed by atoms with Crippen molar-refractivity contribution in [3.8, 4) is 0 Å². The molecule has 0 aliphatic heterocycles. The molecular weight excluding hydrogens is 669 g/mol. The summed E-state index contributed by atoms with van der Waals surface area (Å²) in [5, 5.41) is 1.39. The first-order valence-corrected chi connectivity index (χ1v) is 24.3. The second-order valence-corrected chi connectivity index (χ2v) is 26.7. The molecule has 0 bridgehead atoms. The summed E-state index contributed by atoms with van der Waals surface area (Å²) >= 11 is 18.6. The SMILES string of the molecule is CC(S[P+](=S)SCc1cccc(Cc2ccccc2)c1)C(=O)NC(Cc1ccccc1)S[P+](=S)SCc1ccccc1. The third-order valence-electron chi connectivity index (χ3n) is 6.15. The highest BCUT2D eigenvalue weighted by molar-refractivity contribution is 8.94. The monoisotopic (exact) mass is 701 g/mol. The molecule has 0 aliphatic rings. The van der Waals surface area contributed by atoms with Crippen molar-refractivity contribution in [3.63, 3.8) is 0 Å². The largest absolute Gasteiger partial charge is 0.339 e. The molecule has 0 fully saturated rings. The van der Waals surface area contributed by atoms with Gasteiger partial charge in [0.15, 0.2) is 23.6 Å². The van der Waals surface area contributed by atoms with Crippen LogP contribution in [0.4, 0.5) is 0 Å². The van der Waals surface area contributed by atoms with Gasteiger partial charge in [-0.2, -0.15) is 0 Å². The topological polar surface area (TPSA) is 29.1 Å². The Morgan fingerprint density at radius 2 is 1.17 bits per heavy atom. The van der Waals surface area contributed by atoms with Crippen molar-refractivity contribution in [2.75, 3.05) is 0 Å². The van der Waals surface area contributed by atoms with Crippen LogP contribution in [-0.4, -0.2) is 16.5 Å². The third-order valence-corrected chi connectivity index (χ3v) is 20.6. The Bertz CT molecular complexity index is 1440. The van der Waals surface area contributed by atoms with E-state index in [0.717, 1.165) is 24.3 Å². The van der Waals surface area contributed by atoms with Gasteiger partial charge in [0, 0.05) is 6.42 Å². The van der Waals surface area contributed by atoms with Crippen molar-refractivity contribution >= 4 is 85.2 Å². The number of hydrogen-bond donors (Lipinski definition) is 1. The molecule has 4 atom stereocenters. The Labute approximate surface area is 278 Å². The fourth-order valence-electron chi connectivity index (χ4n) is 4.05. The van der Waals surface area contributed by atoms with Crippen molar-refractivity contribution in [3.05, 3.63) is 143 Å². The van der Waals surface area contributed by atoms with Crippen LogP contribution >= 0.6 is 55.7 Å². The minimum Gasteiger partial charge on any atom is -0.339 e. The molecule has 42 heavy (non-hydrogen) atoms. The minimum absolute atomic E-state index is 0.0303. The summed E-state index contributed by atoms with van der Waals surface area (Å²) in [5.74, 6) is 1.76. The Kier molecular flexibility index (Phi) is 14.9. The van der Waals surface area contributed by atoms with Crippen molar-refractivity contribution in [2.24, 2.45) is 0 Å². The lowest BCUT2D eigenvalue weighted by Gasteiger charge is -2.15. The van der Waals surface area contributed by atoms with Crippen LogP contribution in [-0.2, 0) is 52.8 Å². The van der Waals surface area contributed by atoms with Gasteiger partial charge in [-0.3, -0.25) is 4.79 Å². The van der Waals surface area contributed by atoms with E-state index < -0.39 is 10.2 Å². The molecule has 4 aromatic carbocycles. The summed E-state index contributed by atoms with van der Waals surface area (Å²) in [7, 11) is 0. The number of amides is 1. The lowest BCUT2D eigenvalue weighted by Crippen LogP contribution is -2.38. The van der Waals surface area contributed by atoms with E-state index in [2.05, 4.69) is 90.2 Å². The second kappa shape index (κ2) is 18.6. The number of carbonyl (C=O) groups is 1. The number of carbonyl (C=O) groups excluding carboxylic acids is 1. The van der Waals surface area contributed by atoms with Gasteiger partial charge in [0.2, 0.25) is 5.91 Å². The summed E-state index contributed by atoms with van der Waals surface area (Å²) in [4.78, 5) is 13.3. The van der Waals surface area contributed by atoms with Crippen LogP contribution in [0.25, 0.3) is 0 Å². The molecule has 0 spiro atoms. The summed E-state index contributed by atoms with van der Waals surface area (Å²) in [5.41, 5.74) is 6.35. The predicted octanol–water partition coefficient (Wildman–Crippen LogP) is 10.5. The molecule has 4 aromatic rings. The van der Waals surface area contributed by atoms with Crippen LogP contribution in [0.2, 0.25) is 0 Å². The molecule has 4 unspecified atom stereocenters. The Hall–Kier alpha value is -1.21. The van der Waals surface area contributed by atoms with Gasteiger partial charge in [0.1, 0.15) is 56.2 Å². The molecule has 0 aliphatic carbocycles. The molecule has 0 aromatic heterocycles. The maximum Gasteiger partial charge on any atom is 0.319 e. The van der Waals surface area contributed by atoms with E-state index in [4.69, 9.17) is 23.6 Å². The van der Waals surface area contributed by atoms with Gasteiger partial charge in [-0.05, 0) is 41.2 Å². The Morgan fingerprint density at radius 1 is 0.667 bits per heavy atom. The minimum atomic E-state index is -0.827. The average Bonchev–Trinajstić information content (AvgIpc) is 3.00. The number of nitrogens with one attached hydrogen (secondary N) is 1. The molecule has 1 amide bonds. The van der Waals surface area contributed by atoms with E-state index in [9.17, 15) is 4.79 Å². The number of rotatable bonds is 16. The molecule has 2 nitrogen and oxygen atoms in total. The molecule has 0 saturated heterocycles. The van der Waals surface area contributed by atoms with Crippen LogP contribution in [0.5, 0.6) is 0 Å². The van der Waals surface area contributed by atoms with E-state index in [0.29, 0.717) is 0 Å². The first-order valence-electron chi connectivity index (χ1n) is 13.5. The molecule has 1 N–H and O–H groups in total. The smallest absolute Gasteiger partial charge is 0.319 e. The van der Waals surface area contributed by atoms with Gasteiger partial charge in [-0.15, -0.1) is 0 Å². The number of benzene rings is 4. The molecule has 0 radical (unpaired) electrons. The van der Waals surface area contributed by atoms with Gasteiger partial charge in [0.25, 0.3) is 0 Å². The highest BCUT2D eigenvalue weighted by atomic mass is 33.2. The zero-order valence-electron chi connectivity index (χ0n) is 23.2. The van der Waals surface area contributed by atoms with E-state index in [1.54, 1.807) is 45.5 Å². The van der Waals surface area contributed by atoms with E-state index in [1.165, 1.54) is 27.8 Å². The molecule has 4 rings (SSSR count). The highest BCUT2D eigenvalue weighted by Crippen LogP contribution is 2.55. The predicted molar refractivity (Wildman–Crippen MR) is 200 cm³/mol. The Balaban J connectivity index is 1.27. The van der Waals surface area contributed by atoms with Gasteiger partial charge in [0.05, 0.1) is 11.5 Å². The summed E-state index contributed by atoms with van der Waals surface area (Å²) in [6, 6.07) is 40.0. The lowest BCUT2D eigenvalue weighted by molar-refractivity contribution is -0.120. The molecule has 216 valence electrons. The maximum absolute atomic E-state index is 13.3. The number of hydrogen-bond acceptors (Lipinski definition) is 7. The van der Waals surface area contributed by atoms with Crippen molar-refractivity contribution in [1.29, 1.82) is 0 Å². The average molecular weight is 702 g/mol. The summed E-state index contributed by atoms with van der Waals surface area (Å²) in [6.45, 7) is 1.97. The van der Waals surface area contributed by atoms with E-state index in [-0.39, 0.29) is 16.5 Å². The fourth-order valence-corrected chi connectivity index (χ4v) is 17.3. The quantitative estimate of drug-likeness (QED) is 0.0919. The summed E-state index contributed by atoms with van der Waals surface area (Å²) < 4.78 is 0. The lowest BCUT2D eigenvalue weighted by atomic mass is 10.0. The third kappa shape index (κ3) is 12.4. The second-order valence-electron chi connectivity index (χ2n) is 9.50. The zero-order valence-corrected chi connectivity index (χ0v) is 29.9.